The molecule has 2 saturated carbocycles. The van der Waals surface area contributed by atoms with Gasteiger partial charge < -0.3 is 9.79 Å². The van der Waals surface area contributed by atoms with Crippen molar-refractivity contribution in [3.8, 4) is 0 Å². The topological polar surface area (TPSA) is 57.5 Å². The Labute approximate surface area is 66.0 Å². The van der Waals surface area contributed by atoms with Crippen molar-refractivity contribution in [2.75, 3.05) is 0 Å². The third-order valence-electron chi connectivity index (χ3n) is 3.13. The fraction of sp³-hybridized carbons (Fsp3) is 1.00. The van der Waals surface area contributed by atoms with Crippen molar-refractivity contribution in [3.05, 3.63) is 0 Å². The Balaban J connectivity index is 2.14. The molecular formula is C7H13O3P. The summed E-state index contributed by atoms with van der Waals surface area (Å²) < 4.78 is 10.9. The van der Waals surface area contributed by atoms with Crippen LogP contribution in [0, 0.1) is 11.8 Å². The highest BCUT2D eigenvalue weighted by atomic mass is 31.2. The first kappa shape index (κ1) is 7.78. The molecule has 4 heteroatoms. The molecule has 0 amide bonds. The van der Waals surface area contributed by atoms with Gasteiger partial charge in [-0.25, -0.2) is 0 Å². The van der Waals surface area contributed by atoms with Crippen LogP contribution >= 0.6 is 7.60 Å². The Morgan fingerprint density at radius 2 is 1.91 bits per heavy atom. The van der Waals surface area contributed by atoms with Crippen molar-refractivity contribution in [3.63, 3.8) is 0 Å². The largest absolute Gasteiger partial charge is 0.328 e. The van der Waals surface area contributed by atoms with E-state index in [4.69, 9.17) is 9.79 Å². The van der Waals surface area contributed by atoms with Gasteiger partial charge in [-0.2, -0.15) is 0 Å². The molecule has 3 nitrogen and oxygen atoms in total. The van der Waals surface area contributed by atoms with Crippen LogP contribution in [0.3, 0.4) is 0 Å². The summed E-state index contributed by atoms with van der Waals surface area (Å²) in [5.41, 5.74) is -0.291. The predicted molar refractivity (Wildman–Crippen MR) is 41.3 cm³/mol. The molecule has 11 heavy (non-hydrogen) atoms. The van der Waals surface area contributed by atoms with Crippen LogP contribution in [0.4, 0.5) is 0 Å². The van der Waals surface area contributed by atoms with Crippen LogP contribution < -0.4 is 0 Å². The van der Waals surface area contributed by atoms with Gasteiger partial charge in [0.1, 0.15) is 0 Å². The second-order valence-electron chi connectivity index (χ2n) is 3.83. The first-order valence-corrected chi connectivity index (χ1v) is 5.81. The molecule has 2 aliphatic rings. The number of rotatable bonds is 1. The molecule has 0 heterocycles. The Morgan fingerprint density at radius 1 is 1.18 bits per heavy atom. The summed E-state index contributed by atoms with van der Waals surface area (Å²) in [7, 11) is -3.76. The van der Waals surface area contributed by atoms with E-state index in [0.717, 1.165) is 19.3 Å². The Bertz CT molecular complexity index is 210. The van der Waals surface area contributed by atoms with Gasteiger partial charge in [-0.3, -0.25) is 4.57 Å². The molecule has 0 aromatic rings. The van der Waals surface area contributed by atoms with Crippen molar-refractivity contribution in [2.24, 2.45) is 11.8 Å². The highest BCUT2D eigenvalue weighted by Crippen LogP contribution is 2.59. The third-order valence-corrected chi connectivity index (χ3v) is 4.63. The summed E-state index contributed by atoms with van der Waals surface area (Å²) in [5.74, 6) is 0.957. The van der Waals surface area contributed by atoms with Crippen molar-refractivity contribution in [1.29, 1.82) is 0 Å². The van der Waals surface area contributed by atoms with E-state index in [9.17, 15) is 4.57 Å². The lowest BCUT2D eigenvalue weighted by molar-refractivity contribution is 0.330. The summed E-state index contributed by atoms with van der Waals surface area (Å²) in [6, 6.07) is 0. The van der Waals surface area contributed by atoms with Crippen LogP contribution in [-0.2, 0) is 4.57 Å². The summed E-state index contributed by atoms with van der Waals surface area (Å²) in [4.78, 5) is 17.9. The van der Waals surface area contributed by atoms with Gasteiger partial charge in [0.15, 0.2) is 0 Å². The van der Waals surface area contributed by atoms with Crippen LogP contribution in [-0.4, -0.2) is 15.4 Å². The lowest BCUT2D eigenvalue weighted by atomic mass is 10.0. The average molecular weight is 176 g/mol. The molecule has 2 rings (SSSR count). The minimum atomic E-state index is -3.76. The van der Waals surface area contributed by atoms with E-state index >= 15 is 0 Å². The molecule has 0 aliphatic heterocycles. The molecule has 3 unspecified atom stereocenters. The van der Waals surface area contributed by atoms with Crippen LogP contribution in [0.1, 0.15) is 25.7 Å². The van der Waals surface area contributed by atoms with Gasteiger partial charge in [0.05, 0.1) is 5.66 Å². The van der Waals surface area contributed by atoms with Crippen molar-refractivity contribution >= 4 is 7.60 Å². The van der Waals surface area contributed by atoms with E-state index in [1.165, 1.54) is 6.42 Å². The molecule has 2 bridgehead atoms. The maximum atomic E-state index is 10.9. The molecule has 0 radical (unpaired) electrons. The number of fused-ring (bicyclic) bond motifs is 2. The first-order valence-electron chi connectivity index (χ1n) is 4.12. The predicted octanol–water partition coefficient (Wildman–Crippen LogP) is 1.35. The zero-order valence-electron chi connectivity index (χ0n) is 6.31. The van der Waals surface area contributed by atoms with Gasteiger partial charge in [-0.05, 0) is 31.1 Å². The van der Waals surface area contributed by atoms with E-state index in [1.54, 1.807) is 0 Å². The van der Waals surface area contributed by atoms with Crippen LogP contribution in [0.15, 0.2) is 0 Å². The van der Waals surface area contributed by atoms with Crippen LogP contribution in [0.5, 0.6) is 0 Å². The van der Waals surface area contributed by atoms with Crippen molar-refractivity contribution in [2.45, 2.75) is 31.3 Å². The number of hydrogen-bond acceptors (Lipinski definition) is 1. The lowest BCUT2D eigenvalue weighted by Gasteiger charge is -2.21. The zero-order valence-corrected chi connectivity index (χ0v) is 7.20. The average Bonchev–Trinajstić information content (AvgIpc) is 2.42. The Hall–Kier alpha value is 0.150. The quantitative estimate of drug-likeness (QED) is 0.593. The molecule has 0 aromatic heterocycles. The van der Waals surface area contributed by atoms with Gasteiger partial charge in [-0.15, -0.1) is 0 Å². The van der Waals surface area contributed by atoms with Crippen molar-refractivity contribution in [1.82, 2.24) is 0 Å². The van der Waals surface area contributed by atoms with Crippen LogP contribution in [0.25, 0.3) is 0 Å². The van der Waals surface area contributed by atoms with Gasteiger partial charge in [0, 0.05) is 0 Å². The normalized spacial score (nSPS) is 43.3. The zero-order chi connectivity index (χ0) is 8.06. The maximum Gasteiger partial charge on any atom is 0.328 e. The van der Waals surface area contributed by atoms with Crippen LogP contribution in [0.2, 0.25) is 0 Å². The highest BCUT2D eigenvalue weighted by Gasteiger charge is 2.47. The third kappa shape index (κ3) is 1.26. The molecule has 3 atom stereocenters. The highest BCUT2D eigenvalue weighted by molar-refractivity contribution is 7.52. The first-order chi connectivity index (χ1) is 5.07. The van der Waals surface area contributed by atoms with E-state index in [2.05, 4.69) is 0 Å². The monoisotopic (exact) mass is 176 g/mol. The molecule has 0 saturated heterocycles. The second-order valence-corrected chi connectivity index (χ2v) is 5.67. The molecule has 0 spiro atoms. The Kier molecular flexibility index (Phi) is 1.64. The summed E-state index contributed by atoms with van der Waals surface area (Å²) in [5, 5.41) is 0. The van der Waals surface area contributed by atoms with Gasteiger partial charge >= 0.3 is 7.60 Å². The van der Waals surface area contributed by atoms with E-state index < -0.39 is 7.60 Å². The van der Waals surface area contributed by atoms with E-state index in [0.29, 0.717) is 11.8 Å². The molecule has 2 aliphatic carbocycles. The van der Waals surface area contributed by atoms with E-state index in [1.807, 2.05) is 0 Å². The minimum Gasteiger partial charge on any atom is -0.324 e. The summed E-state index contributed by atoms with van der Waals surface area (Å²) >= 11 is 0. The second kappa shape index (κ2) is 2.32. The smallest absolute Gasteiger partial charge is 0.324 e. The van der Waals surface area contributed by atoms with Crippen molar-refractivity contribution < 1.29 is 14.4 Å². The van der Waals surface area contributed by atoms with Gasteiger partial charge in [0.2, 0.25) is 0 Å². The lowest BCUT2D eigenvalue weighted by Crippen LogP contribution is -2.16. The number of hydrogen-bond donors (Lipinski definition) is 2. The summed E-state index contributed by atoms with van der Waals surface area (Å²) in [6.45, 7) is 0. The summed E-state index contributed by atoms with van der Waals surface area (Å²) in [6.07, 6.45) is 4.08. The molecule has 2 N–H and O–H groups in total. The maximum absolute atomic E-state index is 10.9. The standard InChI is InChI=1S/C7H13O3P/c8-11(9,10)7-4-5-1-2-6(7)3-5/h5-7H,1-4H2,(H2,8,9,10). The molecule has 64 valence electrons. The van der Waals surface area contributed by atoms with Gasteiger partial charge in [-0.1, -0.05) is 6.42 Å². The fourth-order valence-electron chi connectivity index (χ4n) is 2.62. The van der Waals surface area contributed by atoms with Gasteiger partial charge in [0.25, 0.3) is 0 Å². The molecule has 0 aromatic carbocycles. The molecular weight excluding hydrogens is 163 g/mol. The van der Waals surface area contributed by atoms with E-state index in [-0.39, 0.29) is 5.66 Å². The molecule has 2 fully saturated rings. The fourth-order valence-corrected chi connectivity index (χ4v) is 4.02. The Morgan fingerprint density at radius 3 is 2.18 bits per heavy atom. The SMILES string of the molecule is O=P(O)(O)C1CC2CCC1C2. The minimum absolute atomic E-state index is 0.291.